The highest BCUT2D eigenvalue weighted by Crippen LogP contribution is 2.24. The topological polar surface area (TPSA) is 29.5 Å². The summed E-state index contributed by atoms with van der Waals surface area (Å²) in [6.07, 6.45) is 15.5. The molecule has 1 aliphatic heterocycles. The van der Waals surface area contributed by atoms with Crippen LogP contribution in [0.4, 0.5) is 0 Å². The second-order valence-electron chi connectivity index (χ2n) is 4.45. The minimum atomic E-state index is -0.469. The first kappa shape index (κ1) is 15.5. The Hall–Kier alpha value is -0.560. The molecule has 0 spiro atoms. The molecule has 1 aliphatic rings. The second kappa shape index (κ2) is 8.53. The molecule has 1 heterocycles. The van der Waals surface area contributed by atoms with Gasteiger partial charge in [-0.15, -0.1) is 6.42 Å². The van der Waals surface area contributed by atoms with Crippen LogP contribution in [0.5, 0.6) is 0 Å². The van der Waals surface area contributed by atoms with Gasteiger partial charge in [-0.2, -0.15) is 0 Å². The number of terminal acetylenes is 1. The van der Waals surface area contributed by atoms with E-state index in [4.69, 9.17) is 11.2 Å². The van der Waals surface area contributed by atoms with Gasteiger partial charge in [0.2, 0.25) is 0 Å². The fraction of sp³-hybridized carbons (Fsp3) is 0.600. The molecule has 1 rings (SSSR count). The number of rotatable bonds is 4. The highest BCUT2D eigenvalue weighted by Gasteiger charge is 2.26. The number of hydrogen-bond acceptors (Lipinski definition) is 2. The van der Waals surface area contributed by atoms with Crippen molar-refractivity contribution in [3.63, 3.8) is 0 Å². The fourth-order valence-corrected chi connectivity index (χ4v) is 2.31. The highest BCUT2D eigenvalue weighted by molar-refractivity contribution is 9.09. The quantitative estimate of drug-likeness (QED) is 0.491. The lowest BCUT2D eigenvalue weighted by Gasteiger charge is -2.30. The van der Waals surface area contributed by atoms with Crippen molar-refractivity contribution in [3.8, 4) is 12.3 Å². The van der Waals surface area contributed by atoms with E-state index in [-0.39, 0.29) is 12.2 Å². The zero-order valence-electron chi connectivity index (χ0n) is 10.8. The monoisotopic (exact) mass is 312 g/mol. The molecule has 3 heteroatoms. The summed E-state index contributed by atoms with van der Waals surface area (Å²) in [7, 11) is 0. The van der Waals surface area contributed by atoms with E-state index >= 15 is 0 Å². The van der Waals surface area contributed by atoms with Crippen LogP contribution in [0.15, 0.2) is 24.3 Å². The number of halogens is 1. The van der Waals surface area contributed by atoms with Crippen LogP contribution in [0.2, 0.25) is 0 Å². The van der Waals surface area contributed by atoms with Crippen molar-refractivity contribution < 1.29 is 9.84 Å². The maximum atomic E-state index is 10.1. The summed E-state index contributed by atoms with van der Waals surface area (Å²) < 4.78 is 6.03. The summed E-state index contributed by atoms with van der Waals surface area (Å²) in [5.41, 5.74) is 0. The van der Waals surface area contributed by atoms with E-state index in [1.807, 2.05) is 12.2 Å². The van der Waals surface area contributed by atoms with Crippen LogP contribution in [-0.2, 0) is 4.74 Å². The van der Waals surface area contributed by atoms with Gasteiger partial charge < -0.3 is 9.84 Å². The van der Waals surface area contributed by atoms with E-state index in [2.05, 4.69) is 34.9 Å². The first-order valence-corrected chi connectivity index (χ1v) is 7.34. The van der Waals surface area contributed by atoms with Crippen LogP contribution >= 0.6 is 15.9 Å². The maximum Gasteiger partial charge on any atom is 0.0876 e. The predicted molar refractivity (Wildman–Crippen MR) is 78.6 cm³/mol. The Labute approximate surface area is 118 Å². The number of aliphatic hydroxyl groups excluding tert-OH is 1. The summed E-state index contributed by atoms with van der Waals surface area (Å²) in [6, 6.07) is 0. The SMILES string of the molecule is C#CC=CCC1OC(C(Br)CC)CC=CCC1O. The summed E-state index contributed by atoms with van der Waals surface area (Å²) in [4.78, 5) is 0.312. The average Bonchev–Trinajstić information content (AvgIpc) is 2.37. The number of aliphatic hydroxyl groups is 1. The van der Waals surface area contributed by atoms with Gasteiger partial charge in [-0.1, -0.05) is 47.0 Å². The summed E-state index contributed by atoms with van der Waals surface area (Å²) >= 11 is 3.64. The third kappa shape index (κ3) is 4.97. The van der Waals surface area contributed by atoms with E-state index < -0.39 is 6.10 Å². The van der Waals surface area contributed by atoms with Crippen molar-refractivity contribution in [2.45, 2.75) is 55.7 Å². The number of alkyl halides is 1. The Morgan fingerprint density at radius 3 is 2.94 bits per heavy atom. The lowest BCUT2D eigenvalue weighted by molar-refractivity contribution is -0.0749. The molecular weight excluding hydrogens is 292 g/mol. The molecule has 0 bridgehead atoms. The van der Waals surface area contributed by atoms with Gasteiger partial charge in [-0.3, -0.25) is 0 Å². The Kier molecular flexibility index (Phi) is 7.34. The zero-order valence-corrected chi connectivity index (χ0v) is 12.3. The van der Waals surface area contributed by atoms with Gasteiger partial charge in [0, 0.05) is 4.83 Å². The van der Waals surface area contributed by atoms with E-state index in [0.717, 1.165) is 12.8 Å². The second-order valence-corrected chi connectivity index (χ2v) is 5.63. The van der Waals surface area contributed by atoms with Crippen LogP contribution in [0.25, 0.3) is 0 Å². The smallest absolute Gasteiger partial charge is 0.0876 e. The van der Waals surface area contributed by atoms with Crippen molar-refractivity contribution in [1.29, 1.82) is 0 Å². The molecule has 2 nitrogen and oxygen atoms in total. The Morgan fingerprint density at radius 2 is 2.28 bits per heavy atom. The van der Waals surface area contributed by atoms with E-state index in [0.29, 0.717) is 17.7 Å². The molecule has 0 radical (unpaired) electrons. The fourth-order valence-electron chi connectivity index (χ4n) is 1.97. The first-order chi connectivity index (χ1) is 8.69. The summed E-state index contributed by atoms with van der Waals surface area (Å²) in [5.74, 6) is 2.45. The highest BCUT2D eigenvalue weighted by atomic mass is 79.9. The van der Waals surface area contributed by atoms with Gasteiger partial charge in [-0.25, -0.2) is 0 Å². The summed E-state index contributed by atoms with van der Waals surface area (Å²) in [5, 5.41) is 10.1. The van der Waals surface area contributed by atoms with Gasteiger partial charge in [0.25, 0.3) is 0 Å². The van der Waals surface area contributed by atoms with Crippen LogP contribution in [0, 0.1) is 12.3 Å². The minimum absolute atomic E-state index is 0.102. The van der Waals surface area contributed by atoms with Crippen molar-refractivity contribution in [1.82, 2.24) is 0 Å². The molecule has 18 heavy (non-hydrogen) atoms. The number of ether oxygens (including phenoxy) is 1. The molecule has 0 aliphatic carbocycles. The Bertz CT molecular complexity index is 330. The third-order valence-electron chi connectivity index (χ3n) is 3.07. The molecule has 0 saturated heterocycles. The van der Waals surface area contributed by atoms with Crippen LogP contribution in [-0.4, -0.2) is 28.2 Å². The molecule has 4 atom stereocenters. The molecule has 4 unspecified atom stereocenters. The normalized spacial score (nSPS) is 30.7. The molecule has 0 saturated carbocycles. The lowest BCUT2D eigenvalue weighted by Crippen LogP contribution is -2.36. The number of allylic oxidation sites excluding steroid dienone is 1. The third-order valence-corrected chi connectivity index (χ3v) is 4.30. The Balaban J connectivity index is 2.69. The predicted octanol–water partition coefficient (Wildman–Crippen LogP) is 3.20. The van der Waals surface area contributed by atoms with Crippen molar-refractivity contribution in [2.75, 3.05) is 0 Å². The van der Waals surface area contributed by atoms with E-state index in [1.54, 1.807) is 6.08 Å². The van der Waals surface area contributed by atoms with Crippen LogP contribution in [0.1, 0.15) is 32.6 Å². The maximum absolute atomic E-state index is 10.1. The van der Waals surface area contributed by atoms with Crippen LogP contribution in [0.3, 0.4) is 0 Å². The molecule has 0 aromatic heterocycles. The molecular formula is C15H21BrO2. The van der Waals surface area contributed by atoms with E-state index in [1.165, 1.54) is 0 Å². The largest absolute Gasteiger partial charge is 0.390 e. The van der Waals surface area contributed by atoms with Gasteiger partial charge in [0.15, 0.2) is 0 Å². The van der Waals surface area contributed by atoms with Crippen molar-refractivity contribution >= 4 is 15.9 Å². The first-order valence-electron chi connectivity index (χ1n) is 6.42. The van der Waals surface area contributed by atoms with Gasteiger partial charge in [0.05, 0.1) is 18.3 Å². The molecule has 0 aromatic carbocycles. The van der Waals surface area contributed by atoms with E-state index in [9.17, 15) is 5.11 Å². The molecule has 100 valence electrons. The molecule has 0 fully saturated rings. The average molecular weight is 313 g/mol. The number of hydrogen-bond donors (Lipinski definition) is 1. The standard InChI is InChI=1S/C15H21BrO2/c1-3-5-6-11-15-13(17)9-7-8-10-14(18-15)12(16)4-2/h1,5-8,12-15,17H,4,9-11H2,2H3. The Morgan fingerprint density at radius 1 is 1.56 bits per heavy atom. The van der Waals surface area contributed by atoms with Gasteiger partial charge >= 0.3 is 0 Å². The summed E-state index contributed by atoms with van der Waals surface area (Å²) in [6.45, 7) is 2.12. The molecule has 0 aromatic rings. The van der Waals surface area contributed by atoms with Gasteiger partial charge in [-0.05, 0) is 31.8 Å². The molecule has 1 N–H and O–H groups in total. The lowest BCUT2D eigenvalue weighted by atomic mass is 10.0. The zero-order chi connectivity index (χ0) is 13.4. The van der Waals surface area contributed by atoms with Crippen molar-refractivity contribution in [3.05, 3.63) is 24.3 Å². The van der Waals surface area contributed by atoms with Crippen molar-refractivity contribution in [2.24, 2.45) is 0 Å². The van der Waals surface area contributed by atoms with Crippen LogP contribution < -0.4 is 0 Å². The van der Waals surface area contributed by atoms with Gasteiger partial charge in [0.1, 0.15) is 0 Å². The molecule has 0 amide bonds. The minimum Gasteiger partial charge on any atom is -0.390 e.